The summed E-state index contributed by atoms with van der Waals surface area (Å²) in [4.78, 5) is 27.7. The first-order chi connectivity index (χ1) is 7.52. The number of carboxylic acids is 1. The van der Waals surface area contributed by atoms with Crippen LogP contribution in [0.5, 0.6) is 0 Å². The van der Waals surface area contributed by atoms with Crippen LogP contribution in [0, 0.1) is 5.92 Å². The van der Waals surface area contributed by atoms with Gasteiger partial charge in [-0.1, -0.05) is 6.92 Å². The lowest BCUT2D eigenvalue weighted by molar-refractivity contribution is -0.141. The summed E-state index contributed by atoms with van der Waals surface area (Å²) in [6, 6.07) is 3.20. The molecule has 0 aliphatic carbocycles. The first kappa shape index (κ1) is 12.2. The molecule has 1 amide bonds. The molecule has 5 heteroatoms. The van der Waals surface area contributed by atoms with Gasteiger partial charge in [0, 0.05) is 31.5 Å². The maximum Gasteiger partial charge on any atom is 0.308 e. The van der Waals surface area contributed by atoms with Crippen LogP contribution in [0.1, 0.15) is 17.3 Å². The molecule has 16 heavy (non-hydrogen) atoms. The molecule has 0 spiro atoms. The van der Waals surface area contributed by atoms with E-state index in [4.69, 9.17) is 5.11 Å². The third-order valence-corrected chi connectivity index (χ3v) is 2.24. The van der Waals surface area contributed by atoms with Crippen LogP contribution < -0.4 is 0 Å². The summed E-state index contributed by atoms with van der Waals surface area (Å²) >= 11 is 0. The van der Waals surface area contributed by atoms with Gasteiger partial charge in [0.15, 0.2) is 0 Å². The maximum atomic E-state index is 11.8. The zero-order chi connectivity index (χ0) is 12.1. The van der Waals surface area contributed by atoms with Crippen LogP contribution >= 0.6 is 0 Å². The summed E-state index contributed by atoms with van der Waals surface area (Å²) in [5, 5.41) is 8.74. The number of nitrogens with zero attached hydrogens (tertiary/aromatic N) is 2. The van der Waals surface area contributed by atoms with Crippen molar-refractivity contribution in [3.63, 3.8) is 0 Å². The number of hydrogen-bond donors (Lipinski definition) is 1. The largest absolute Gasteiger partial charge is 0.481 e. The zero-order valence-corrected chi connectivity index (χ0v) is 9.25. The lowest BCUT2D eigenvalue weighted by Crippen LogP contribution is -2.33. The average Bonchev–Trinajstić information content (AvgIpc) is 2.28. The number of carbonyl (C=O) groups is 2. The van der Waals surface area contributed by atoms with Gasteiger partial charge in [0.2, 0.25) is 0 Å². The third kappa shape index (κ3) is 3.05. The fraction of sp³-hybridized carbons (Fsp3) is 0.364. The van der Waals surface area contributed by atoms with Gasteiger partial charge in [-0.3, -0.25) is 14.6 Å². The van der Waals surface area contributed by atoms with Crippen molar-refractivity contribution in [2.24, 2.45) is 5.92 Å². The van der Waals surface area contributed by atoms with Crippen molar-refractivity contribution in [3.8, 4) is 0 Å². The van der Waals surface area contributed by atoms with E-state index in [2.05, 4.69) is 4.98 Å². The Balaban J connectivity index is 2.65. The van der Waals surface area contributed by atoms with Gasteiger partial charge in [-0.2, -0.15) is 0 Å². The summed E-state index contributed by atoms with van der Waals surface area (Å²) in [5.41, 5.74) is 0.509. The molecule has 1 unspecified atom stereocenters. The molecular weight excluding hydrogens is 208 g/mol. The van der Waals surface area contributed by atoms with Gasteiger partial charge in [-0.15, -0.1) is 0 Å². The smallest absolute Gasteiger partial charge is 0.308 e. The minimum absolute atomic E-state index is 0.191. The number of aromatic nitrogens is 1. The topological polar surface area (TPSA) is 70.5 Å². The molecule has 1 aromatic heterocycles. The highest BCUT2D eigenvalue weighted by Gasteiger charge is 2.18. The summed E-state index contributed by atoms with van der Waals surface area (Å²) in [6.45, 7) is 1.76. The molecule has 1 aromatic rings. The van der Waals surface area contributed by atoms with Crippen molar-refractivity contribution in [1.29, 1.82) is 0 Å². The van der Waals surface area contributed by atoms with Crippen LogP contribution in [0.25, 0.3) is 0 Å². The number of carbonyl (C=O) groups excluding carboxylic acids is 1. The SMILES string of the molecule is CC(CN(C)C(=O)c1ccncc1)C(=O)O. The van der Waals surface area contributed by atoms with E-state index in [0.717, 1.165) is 0 Å². The number of pyridine rings is 1. The fourth-order valence-electron chi connectivity index (χ4n) is 1.29. The molecule has 86 valence electrons. The first-order valence-electron chi connectivity index (χ1n) is 4.90. The Morgan fingerprint density at radius 2 is 2.00 bits per heavy atom. The van der Waals surface area contributed by atoms with Gasteiger partial charge >= 0.3 is 5.97 Å². The number of hydrogen-bond acceptors (Lipinski definition) is 3. The molecule has 1 atom stereocenters. The van der Waals surface area contributed by atoms with E-state index in [9.17, 15) is 9.59 Å². The Morgan fingerprint density at radius 1 is 1.44 bits per heavy atom. The second-order valence-corrected chi connectivity index (χ2v) is 3.66. The standard InChI is InChI=1S/C11H14N2O3/c1-8(11(15)16)7-13(2)10(14)9-3-5-12-6-4-9/h3-6,8H,7H2,1-2H3,(H,15,16). The predicted octanol–water partition coefficient (Wildman–Crippen LogP) is 0.874. The van der Waals surface area contributed by atoms with E-state index >= 15 is 0 Å². The lowest BCUT2D eigenvalue weighted by Gasteiger charge is -2.19. The van der Waals surface area contributed by atoms with Gasteiger partial charge in [0.1, 0.15) is 0 Å². The van der Waals surface area contributed by atoms with Gasteiger partial charge < -0.3 is 10.0 Å². The van der Waals surface area contributed by atoms with Crippen molar-refractivity contribution in [2.45, 2.75) is 6.92 Å². The van der Waals surface area contributed by atoms with Crippen molar-refractivity contribution < 1.29 is 14.7 Å². The van der Waals surface area contributed by atoms with E-state index in [1.807, 2.05) is 0 Å². The molecule has 0 fully saturated rings. The fourth-order valence-corrected chi connectivity index (χ4v) is 1.29. The van der Waals surface area contributed by atoms with E-state index < -0.39 is 11.9 Å². The first-order valence-corrected chi connectivity index (χ1v) is 4.90. The summed E-state index contributed by atoms with van der Waals surface area (Å²) in [5.74, 6) is -1.68. The van der Waals surface area contributed by atoms with E-state index in [1.54, 1.807) is 26.1 Å². The molecule has 0 aliphatic rings. The molecule has 0 aromatic carbocycles. The van der Waals surface area contributed by atoms with E-state index in [-0.39, 0.29) is 12.5 Å². The second-order valence-electron chi connectivity index (χ2n) is 3.66. The number of rotatable bonds is 4. The maximum absolute atomic E-state index is 11.8. The van der Waals surface area contributed by atoms with E-state index in [1.165, 1.54) is 17.3 Å². The summed E-state index contributed by atoms with van der Waals surface area (Å²) in [6.07, 6.45) is 3.06. The van der Waals surface area contributed by atoms with Crippen LogP contribution in [-0.4, -0.2) is 40.5 Å². The highest BCUT2D eigenvalue weighted by molar-refractivity contribution is 5.94. The van der Waals surface area contributed by atoms with Gasteiger partial charge in [0.05, 0.1) is 5.92 Å². The normalized spacial score (nSPS) is 11.9. The monoisotopic (exact) mass is 222 g/mol. The van der Waals surface area contributed by atoms with Crippen molar-refractivity contribution in [3.05, 3.63) is 30.1 Å². The van der Waals surface area contributed by atoms with Crippen LogP contribution in [0.15, 0.2) is 24.5 Å². The highest BCUT2D eigenvalue weighted by Crippen LogP contribution is 2.05. The molecule has 1 heterocycles. The van der Waals surface area contributed by atoms with Crippen molar-refractivity contribution >= 4 is 11.9 Å². The molecule has 0 aliphatic heterocycles. The van der Waals surface area contributed by atoms with Gasteiger partial charge in [-0.25, -0.2) is 0 Å². The summed E-state index contributed by atoms with van der Waals surface area (Å²) < 4.78 is 0. The molecule has 1 rings (SSSR count). The molecule has 1 N–H and O–H groups in total. The van der Waals surface area contributed by atoms with Crippen molar-refractivity contribution in [2.75, 3.05) is 13.6 Å². The Morgan fingerprint density at radius 3 is 2.50 bits per heavy atom. The number of aliphatic carboxylic acids is 1. The Hall–Kier alpha value is -1.91. The van der Waals surface area contributed by atoms with Crippen molar-refractivity contribution in [1.82, 2.24) is 9.88 Å². The minimum Gasteiger partial charge on any atom is -0.481 e. The Kier molecular flexibility index (Phi) is 3.99. The number of amides is 1. The van der Waals surface area contributed by atoms with Crippen LogP contribution in [0.4, 0.5) is 0 Å². The Labute approximate surface area is 93.7 Å². The predicted molar refractivity (Wildman–Crippen MR) is 58.0 cm³/mol. The molecule has 5 nitrogen and oxygen atoms in total. The van der Waals surface area contributed by atoms with Gasteiger partial charge in [0.25, 0.3) is 5.91 Å². The molecule has 0 saturated carbocycles. The minimum atomic E-state index is -0.908. The quantitative estimate of drug-likeness (QED) is 0.820. The Bertz CT molecular complexity index is 378. The van der Waals surface area contributed by atoms with Crippen LogP contribution in [0.2, 0.25) is 0 Å². The molecule has 0 bridgehead atoms. The molecular formula is C11H14N2O3. The molecule has 0 radical (unpaired) electrons. The number of carboxylic acid groups (broad SMARTS) is 1. The summed E-state index contributed by atoms with van der Waals surface area (Å²) in [7, 11) is 1.59. The zero-order valence-electron chi connectivity index (χ0n) is 9.25. The molecule has 0 saturated heterocycles. The van der Waals surface area contributed by atoms with E-state index in [0.29, 0.717) is 5.56 Å². The third-order valence-electron chi connectivity index (χ3n) is 2.24. The lowest BCUT2D eigenvalue weighted by atomic mass is 10.1. The van der Waals surface area contributed by atoms with Crippen LogP contribution in [-0.2, 0) is 4.79 Å². The van der Waals surface area contributed by atoms with Gasteiger partial charge in [-0.05, 0) is 12.1 Å². The van der Waals surface area contributed by atoms with Crippen LogP contribution in [0.3, 0.4) is 0 Å². The highest BCUT2D eigenvalue weighted by atomic mass is 16.4. The second kappa shape index (κ2) is 5.25. The average molecular weight is 222 g/mol.